The van der Waals surface area contributed by atoms with Crippen LogP contribution < -0.4 is 4.74 Å². The van der Waals surface area contributed by atoms with E-state index >= 15 is 0 Å². The van der Waals surface area contributed by atoms with Crippen molar-refractivity contribution < 1.29 is 13.5 Å². The second-order valence-corrected chi connectivity index (χ2v) is 4.76. The zero-order chi connectivity index (χ0) is 17.1. The highest BCUT2D eigenvalue weighted by molar-refractivity contribution is 5.77. The normalized spacial score (nSPS) is 10.4. The van der Waals surface area contributed by atoms with Crippen molar-refractivity contribution in [2.45, 2.75) is 6.92 Å². The molecule has 6 nitrogen and oxygen atoms in total. The summed E-state index contributed by atoms with van der Waals surface area (Å²) in [5.74, 6) is -1.35. The summed E-state index contributed by atoms with van der Waals surface area (Å²) >= 11 is 0. The van der Waals surface area contributed by atoms with Crippen molar-refractivity contribution in [1.82, 2.24) is 20.4 Å². The number of ether oxygens (including phenoxy) is 1. The van der Waals surface area contributed by atoms with E-state index in [1.54, 1.807) is 18.2 Å². The van der Waals surface area contributed by atoms with Crippen LogP contribution in [-0.2, 0) is 0 Å². The number of aromatic nitrogens is 4. The molecule has 8 heteroatoms. The van der Waals surface area contributed by atoms with Crippen molar-refractivity contribution in [1.29, 1.82) is 5.26 Å². The summed E-state index contributed by atoms with van der Waals surface area (Å²) in [6.07, 6.45) is 0. The van der Waals surface area contributed by atoms with Crippen LogP contribution in [-0.4, -0.2) is 27.0 Å². The summed E-state index contributed by atoms with van der Waals surface area (Å²) in [6, 6.07) is 9.18. The minimum Gasteiger partial charge on any atom is -0.493 e. The van der Waals surface area contributed by atoms with E-state index in [0.717, 1.165) is 6.07 Å². The van der Waals surface area contributed by atoms with Crippen LogP contribution in [0.5, 0.6) is 5.75 Å². The van der Waals surface area contributed by atoms with Gasteiger partial charge in [0.2, 0.25) is 11.9 Å². The van der Waals surface area contributed by atoms with E-state index < -0.39 is 11.9 Å². The van der Waals surface area contributed by atoms with E-state index in [1.165, 1.54) is 6.07 Å². The monoisotopic (exact) mass is 327 g/mol. The number of nitrogens with one attached hydrogen (secondary N) is 1. The first-order valence-corrected chi connectivity index (χ1v) is 7.04. The molecule has 0 unspecified atom stereocenters. The molecule has 3 rings (SSSR count). The van der Waals surface area contributed by atoms with E-state index in [4.69, 9.17) is 10.00 Å². The van der Waals surface area contributed by atoms with Gasteiger partial charge in [0.05, 0.1) is 6.61 Å². The molecule has 0 aliphatic rings. The molecule has 1 N–H and O–H groups in total. The number of nitriles is 1. The number of rotatable bonds is 4. The Morgan fingerprint density at radius 2 is 2.04 bits per heavy atom. The number of hydrogen-bond donors (Lipinski definition) is 1. The zero-order valence-corrected chi connectivity index (χ0v) is 12.5. The van der Waals surface area contributed by atoms with Crippen LogP contribution >= 0.6 is 0 Å². The lowest BCUT2D eigenvalue weighted by atomic mass is 10.0. The van der Waals surface area contributed by atoms with Crippen molar-refractivity contribution in [3.63, 3.8) is 0 Å². The molecule has 3 aromatic rings. The lowest BCUT2D eigenvalue weighted by Crippen LogP contribution is -1.97. The average Bonchev–Trinajstić information content (AvgIpc) is 3.04. The number of aromatic amines is 1. The molecule has 0 atom stereocenters. The van der Waals surface area contributed by atoms with Gasteiger partial charge in [0, 0.05) is 11.1 Å². The first kappa shape index (κ1) is 15.6. The minimum atomic E-state index is -0.925. The van der Waals surface area contributed by atoms with E-state index in [1.807, 2.05) is 13.0 Å². The van der Waals surface area contributed by atoms with Crippen LogP contribution in [0.1, 0.15) is 12.6 Å². The van der Waals surface area contributed by atoms with Crippen molar-refractivity contribution in [2.24, 2.45) is 0 Å². The number of nitrogens with zero attached hydrogens (tertiary/aromatic N) is 4. The average molecular weight is 327 g/mol. The van der Waals surface area contributed by atoms with Gasteiger partial charge in [-0.25, -0.2) is 5.10 Å². The molecule has 0 saturated carbocycles. The maximum Gasteiger partial charge on any atom is 0.223 e. The Morgan fingerprint density at radius 3 is 2.75 bits per heavy atom. The molecule has 0 amide bonds. The topological polar surface area (TPSA) is 87.5 Å². The second kappa shape index (κ2) is 6.42. The third-order valence-corrected chi connectivity index (χ3v) is 3.32. The Kier molecular flexibility index (Phi) is 4.16. The van der Waals surface area contributed by atoms with Gasteiger partial charge in [-0.05, 0) is 36.8 Å². The number of halogens is 2. The maximum atomic E-state index is 13.9. The molecular weight excluding hydrogens is 316 g/mol. The van der Waals surface area contributed by atoms with Crippen LogP contribution in [0.15, 0.2) is 30.3 Å². The highest BCUT2D eigenvalue weighted by atomic mass is 19.1. The van der Waals surface area contributed by atoms with Crippen molar-refractivity contribution >= 4 is 0 Å². The van der Waals surface area contributed by atoms with E-state index in [9.17, 15) is 8.78 Å². The predicted molar refractivity (Wildman–Crippen MR) is 80.8 cm³/mol. The van der Waals surface area contributed by atoms with Crippen LogP contribution in [0, 0.1) is 23.2 Å². The molecule has 1 aromatic carbocycles. The van der Waals surface area contributed by atoms with E-state index in [-0.39, 0.29) is 11.3 Å². The van der Waals surface area contributed by atoms with Crippen molar-refractivity contribution in [2.75, 3.05) is 6.61 Å². The fourth-order valence-electron chi connectivity index (χ4n) is 2.29. The molecule has 120 valence electrons. The molecule has 2 aromatic heterocycles. The molecule has 0 bridgehead atoms. The maximum absolute atomic E-state index is 13.9. The Balaban J connectivity index is 2.18. The molecule has 0 aliphatic heterocycles. The largest absolute Gasteiger partial charge is 0.493 e. The van der Waals surface area contributed by atoms with Gasteiger partial charge in [-0.2, -0.15) is 19.0 Å². The third kappa shape index (κ3) is 2.79. The number of pyridine rings is 1. The number of H-pyrrole nitrogens is 1. The molecule has 24 heavy (non-hydrogen) atoms. The van der Waals surface area contributed by atoms with Gasteiger partial charge in [0.1, 0.15) is 17.5 Å². The SMILES string of the molecule is CCOc1ccc(-c2ccc(F)nc2F)cc1-c1nn[nH]c1C#N. The highest BCUT2D eigenvalue weighted by Gasteiger charge is 2.17. The summed E-state index contributed by atoms with van der Waals surface area (Å²) < 4.78 is 32.5. The van der Waals surface area contributed by atoms with Gasteiger partial charge in [0.15, 0.2) is 5.69 Å². The Hall–Kier alpha value is -3.34. The summed E-state index contributed by atoms with van der Waals surface area (Å²) in [7, 11) is 0. The first-order chi connectivity index (χ1) is 11.6. The van der Waals surface area contributed by atoms with E-state index in [2.05, 4.69) is 20.4 Å². The van der Waals surface area contributed by atoms with Gasteiger partial charge in [-0.15, -0.1) is 5.10 Å². The number of hydrogen-bond acceptors (Lipinski definition) is 5. The first-order valence-electron chi connectivity index (χ1n) is 7.04. The fraction of sp³-hybridized carbons (Fsp3) is 0.125. The minimum absolute atomic E-state index is 0.128. The molecule has 0 aliphatic carbocycles. The number of benzene rings is 1. The van der Waals surface area contributed by atoms with E-state index in [0.29, 0.717) is 29.2 Å². The summed E-state index contributed by atoms with van der Waals surface area (Å²) in [4.78, 5) is 3.18. The van der Waals surface area contributed by atoms with Gasteiger partial charge in [0.25, 0.3) is 0 Å². The van der Waals surface area contributed by atoms with Crippen LogP contribution in [0.3, 0.4) is 0 Å². The van der Waals surface area contributed by atoms with Gasteiger partial charge < -0.3 is 4.74 Å². The van der Waals surface area contributed by atoms with Crippen LogP contribution in [0.4, 0.5) is 8.78 Å². The summed E-state index contributed by atoms with van der Waals surface area (Å²) in [5, 5.41) is 19.1. The quantitative estimate of drug-likeness (QED) is 0.744. The van der Waals surface area contributed by atoms with Crippen molar-refractivity contribution in [3.05, 3.63) is 47.9 Å². The van der Waals surface area contributed by atoms with Crippen LogP contribution in [0.2, 0.25) is 0 Å². The van der Waals surface area contributed by atoms with Gasteiger partial charge in [-0.1, -0.05) is 11.3 Å². The molecular formula is C16H11F2N5O. The fourth-order valence-corrected chi connectivity index (χ4v) is 2.29. The zero-order valence-electron chi connectivity index (χ0n) is 12.5. The second-order valence-electron chi connectivity index (χ2n) is 4.76. The molecule has 2 heterocycles. The van der Waals surface area contributed by atoms with Gasteiger partial charge in [-0.3, -0.25) is 0 Å². The summed E-state index contributed by atoms with van der Waals surface area (Å²) in [5.41, 5.74) is 1.50. The lowest BCUT2D eigenvalue weighted by molar-refractivity contribution is 0.341. The Bertz CT molecular complexity index is 932. The van der Waals surface area contributed by atoms with Crippen LogP contribution in [0.25, 0.3) is 22.4 Å². The molecule has 0 radical (unpaired) electrons. The standard InChI is InChI=1S/C16H11F2N5O/c1-2-24-13-5-3-9(10-4-6-14(17)20-16(10)18)7-11(13)15-12(8-19)21-23-22-15/h3-7H,2H2,1H3,(H,21,22,23). The smallest absolute Gasteiger partial charge is 0.223 e. The molecule has 0 spiro atoms. The predicted octanol–water partition coefficient (Wildman–Crippen LogP) is 3.08. The Labute approximate surface area is 135 Å². The molecule has 0 saturated heterocycles. The highest BCUT2D eigenvalue weighted by Crippen LogP contribution is 2.35. The van der Waals surface area contributed by atoms with Gasteiger partial charge >= 0.3 is 0 Å². The third-order valence-electron chi connectivity index (χ3n) is 3.32. The molecule has 0 fully saturated rings. The van der Waals surface area contributed by atoms with Crippen molar-refractivity contribution in [3.8, 4) is 34.2 Å². The lowest BCUT2D eigenvalue weighted by Gasteiger charge is -2.11. The Morgan fingerprint density at radius 1 is 1.21 bits per heavy atom. The summed E-state index contributed by atoms with van der Waals surface area (Å²) in [6.45, 7) is 2.22.